The Kier molecular flexibility index (Phi) is 3.23. The second-order valence-corrected chi connectivity index (χ2v) is 6.51. The van der Waals surface area contributed by atoms with Crippen molar-refractivity contribution in [3.05, 3.63) is 12.2 Å². The zero-order chi connectivity index (χ0) is 13.6. The van der Waals surface area contributed by atoms with Crippen molar-refractivity contribution in [3.8, 4) is 0 Å². The van der Waals surface area contributed by atoms with E-state index in [4.69, 9.17) is 0 Å². The monoisotopic (exact) mass is 261 g/mol. The summed E-state index contributed by atoms with van der Waals surface area (Å²) < 4.78 is 0. The predicted molar refractivity (Wildman–Crippen MR) is 73.1 cm³/mol. The third-order valence-corrected chi connectivity index (χ3v) is 5.19. The van der Waals surface area contributed by atoms with Gasteiger partial charge in [-0.2, -0.15) is 0 Å². The second-order valence-electron chi connectivity index (χ2n) is 6.51. The molecule has 5 unspecified atom stereocenters. The molecule has 1 saturated carbocycles. The van der Waals surface area contributed by atoms with E-state index in [9.17, 15) is 9.59 Å². The fourth-order valence-corrected chi connectivity index (χ4v) is 4.17. The quantitative estimate of drug-likeness (QED) is 0.563. The molecule has 104 valence electrons. The van der Waals surface area contributed by atoms with Crippen LogP contribution >= 0.6 is 0 Å². The largest absolute Gasteiger partial charge is 0.282 e. The zero-order valence-electron chi connectivity index (χ0n) is 11.8. The highest BCUT2D eigenvalue weighted by atomic mass is 16.2. The van der Waals surface area contributed by atoms with Gasteiger partial charge in [0, 0.05) is 6.54 Å². The van der Waals surface area contributed by atoms with Crippen molar-refractivity contribution in [2.24, 2.45) is 29.6 Å². The normalized spacial score (nSPS) is 37.3. The maximum Gasteiger partial charge on any atom is 0.233 e. The van der Waals surface area contributed by atoms with Crippen LogP contribution in [0, 0.1) is 29.6 Å². The van der Waals surface area contributed by atoms with E-state index < -0.39 is 0 Å². The molecular formula is C16H23NO2. The van der Waals surface area contributed by atoms with E-state index in [0.717, 1.165) is 12.8 Å². The maximum atomic E-state index is 12.4. The number of carbonyl (C=O) groups is 2. The topological polar surface area (TPSA) is 37.4 Å². The number of amides is 2. The number of hydrogen-bond acceptors (Lipinski definition) is 2. The first-order valence-corrected chi connectivity index (χ1v) is 7.67. The highest BCUT2D eigenvalue weighted by Crippen LogP contribution is 2.52. The molecule has 2 amide bonds. The third-order valence-electron chi connectivity index (χ3n) is 5.19. The molecule has 1 aliphatic heterocycles. The Morgan fingerprint density at radius 2 is 1.74 bits per heavy atom. The maximum absolute atomic E-state index is 12.4. The van der Waals surface area contributed by atoms with Crippen LogP contribution in [0.3, 0.4) is 0 Å². The van der Waals surface area contributed by atoms with E-state index >= 15 is 0 Å². The van der Waals surface area contributed by atoms with Gasteiger partial charge >= 0.3 is 0 Å². The molecule has 0 aromatic heterocycles. The van der Waals surface area contributed by atoms with Gasteiger partial charge in [0.1, 0.15) is 0 Å². The smallest absolute Gasteiger partial charge is 0.233 e. The Hall–Kier alpha value is -1.12. The van der Waals surface area contributed by atoms with Crippen LogP contribution in [0.5, 0.6) is 0 Å². The molecule has 1 heterocycles. The van der Waals surface area contributed by atoms with Crippen LogP contribution < -0.4 is 0 Å². The summed E-state index contributed by atoms with van der Waals surface area (Å²) in [5.74, 6) is 1.44. The van der Waals surface area contributed by atoms with Gasteiger partial charge in [-0.05, 0) is 30.6 Å². The molecule has 0 spiro atoms. The molecule has 1 saturated heterocycles. The van der Waals surface area contributed by atoms with E-state index in [0.29, 0.717) is 24.3 Å². The van der Waals surface area contributed by atoms with Crippen molar-refractivity contribution >= 4 is 11.8 Å². The lowest BCUT2D eigenvalue weighted by Crippen LogP contribution is -2.34. The Morgan fingerprint density at radius 3 is 2.26 bits per heavy atom. The summed E-state index contributed by atoms with van der Waals surface area (Å²) in [5.41, 5.74) is 0. The molecule has 3 nitrogen and oxygen atoms in total. The summed E-state index contributed by atoms with van der Waals surface area (Å²) in [5, 5.41) is 0. The van der Waals surface area contributed by atoms with Gasteiger partial charge in [0.2, 0.25) is 11.8 Å². The van der Waals surface area contributed by atoms with Crippen LogP contribution in [-0.2, 0) is 9.59 Å². The number of rotatable bonds is 5. The van der Waals surface area contributed by atoms with Gasteiger partial charge in [-0.25, -0.2) is 0 Å². The van der Waals surface area contributed by atoms with Gasteiger partial charge in [0.25, 0.3) is 0 Å². The molecule has 3 heteroatoms. The van der Waals surface area contributed by atoms with E-state index in [1.54, 1.807) is 4.90 Å². The Labute approximate surface area is 115 Å². The lowest BCUT2D eigenvalue weighted by molar-refractivity contribution is -0.140. The number of likely N-dealkylation sites (tertiary alicyclic amines) is 1. The summed E-state index contributed by atoms with van der Waals surface area (Å²) in [7, 11) is 0. The van der Waals surface area contributed by atoms with E-state index in [2.05, 4.69) is 26.0 Å². The number of fused-ring (bicyclic) bond motifs is 5. The Morgan fingerprint density at radius 1 is 1.16 bits per heavy atom. The molecule has 0 radical (unpaired) electrons. The van der Waals surface area contributed by atoms with Gasteiger partial charge in [-0.15, -0.1) is 0 Å². The molecule has 0 aromatic rings. The zero-order valence-corrected chi connectivity index (χ0v) is 11.8. The molecule has 3 rings (SSSR count). The summed E-state index contributed by atoms with van der Waals surface area (Å²) in [4.78, 5) is 26.4. The minimum Gasteiger partial charge on any atom is -0.282 e. The molecule has 19 heavy (non-hydrogen) atoms. The van der Waals surface area contributed by atoms with Crippen molar-refractivity contribution in [3.63, 3.8) is 0 Å². The fraction of sp³-hybridized carbons (Fsp3) is 0.750. The van der Waals surface area contributed by atoms with Crippen LogP contribution in [0.4, 0.5) is 0 Å². The van der Waals surface area contributed by atoms with Crippen LogP contribution in [0.15, 0.2) is 12.2 Å². The highest BCUT2D eigenvalue weighted by Gasteiger charge is 2.58. The van der Waals surface area contributed by atoms with E-state index in [-0.39, 0.29) is 23.7 Å². The molecule has 2 aliphatic carbocycles. The van der Waals surface area contributed by atoms with Gasteiger partial charge < -0.3 is 0 Å². The van der Waals surface area contributed by atoms with Gasteiger partial charge in [-0.3, -0.25) is 14.5 Å². The molecule has 2 bridgehead atoms. The first kappa shape index (κ1) is 12.9. The molecule has 0 N–H and O–H groups in total. The fourth-order valence-electron chi connectivity index (χ4n) is 4.17. The van der Waals surface area contributed by atoms with Gasteiger partial charge in [-0.1, -0.05) is 38.8 Å². The van der Waals surface area contributed by atoms with Gasteiger partial charge in [0.05, 0.1) is 11.8 Å². The van der Waals surface area contributed by atoms with Crippen molar-refractivity contribution in [2.75, 3.05) is 6.54 Å². The minimum absolute atomic E-state index is 0.0241. The van der Waals surface area contributed by atoms with E-state index in [1.807, 2.05) is 0 Å². The Bertz CT molecular complexity index is 398. The molecule has 2 fully saturated rings. The van der Waals surface area contributed by atoms with Crippen molar-refractivity contribution in [1.29, 1.82) is 0 Å². The summed E-state index contributed by atoms with van der Waals surface area (Å²) in [6, 6.07) is 0. The molecule has 3 aliphatic rings. The number of hydrogen-bond donors (Lipinski definition) is 0. The lowest BCUT2D eigenvalue weighted by Gasteiger charge is -2.19. The first-order chi connectivity index (χ1) is 9.13. The third kappa shape index (κ3) is 1.94. The van der Waals surface area contributed by atoms with Crippen molar-refractivity contribution < 1.29 is 9.59 Å². The predicted octanol–water partition coefficient (Wildman–Crippen LogP) is 2.62. The van der Waals surface area contributed by atoms with Crippen LogP contribution in [0.25, 0.3) is 0 Å². The Balaban J connectivity index is 1.66. The summed E-state index contributed by atoms with van der Waals surface area (Å²) >= 11 is 0. The number of nitrogens with zero attached hydrogens (tertiary/aromatic N) is 1. The minimum atomic E-state index is -0.0241. The van der Waals surface area contributed by atoms with Gasteiger partial charge in [0.15, 0.2) is 0 Å². The first-order valence-electron chi connectivity index (χ1n) is 7.67. The molecular weight excluding hydrogens is 238 g/mol. The summed E-state index contributed by atoms with van der Waals surface area (Å²) in [6.07, 6.45) is 8.62. The average Bonchev–Trinajstić information content (AvgIpc) is 3.03. The second kappa shape index (κ2) is 4.77. The van der Waals surface area contributed by atoms with E-state index in [1.165, 1.54) is 12.8 Å². The molecule has 0 aromatic carbocycles. The number of carbonyl (C=O) groups excluding carboxylic acids is 2. The van der Waals surface area contributed by atoms with Crippen LogP contribution in [0.2, 0.25) is 0 Å². The lowest BCUT2D eigenvalue weighted by atomic mass is 9.85. The van der Waals surface area contributed by atoms with Crippen LogP contribution in [-0.4, -0.2) is 23.3 Å². The van der Waals surface area contributed by atoms with Crippen LogP contribution in [0.1, 0.15) is 39.5 Å². The average molecular weight is 261 g/mol. The van der Waals surface area contributed by atoms with Crippen molar-refractivity contribution in [2.45, 2.75) is 39.5 Å². The van der Waals surface area contributed by atoms with Crippen molar-refractivity contribution in [1.82, 2.24) is 4.90 Å². The standard InChI is InChI=1S/C16H23NO2/c1-3-4-10(2)7-8-17-15(18)13-11-5-6-12(9-11)14(13)16(17)19/h5-6,10-14H,3-4,7-9H2,1-2H3. The SMILES string of the molecule is CCCC(C)CCN1C(=O)C2C3C=CC(C3)C2C1=O. The number of allylic oxidation sites excluding steroid dienone is 2. The number of imide groups is 1. The molecule has 5 atom stereocenters. The summed E-state index contributed by atoms with van der Waals surface area (Å²) in [6.45, 7) is 5.02. The highest BCUT2D eigenvalue weighted by molar-refractivity contribution is 6.06.